The van der Waals surface area contributed by atoms with Gasteiger partial charge in [-0.1, -0.05) is 61.2 Å². The van der Waals surface area contributed by atoms with Gasteiger partial charge in [0.05, 0.1) is 0 Å². The molecule has 1 heteroatoms. The van der Waals surface area contributed by atoms with Crippen LogP contribution in [0.2, 0.25) is 0 Å². The maximum Gasteiger partial charge on any atom is 0.169 e. The quantitative estimate of drug-likeness (QED) is 0.233. The Morgan fingerprint density at radius 1 is 1.11 bits per heavy atom. The summed E-state index contributed by atoms with van der Waals surface area (Å²) in [6.07, 6.45) is 22.5. The van der Waals surface area contributed by atoms with E-state index in [0.29, 0.717) is 17.6 Å². The van der Waals surface area contributed by atoms with Gasteiger partial charge in [-0.15, -0.1) is 12.3 Å². The van der Waals surface area contributed by atoms with Crippen LogP contribution in [-0.2, 0) is 0 Å². The lowest BCUT2D eigenvalue weighted by molar-refractivity contribution is 0.0395. The molecule has 2 fully saturated rings. The van der Waals surface area contributed by atoms with E-state index < -0.39 is 0 Å². The highest BCUT2D eigenvalue weighted by molar-refractivity contribution is 6.00. The number of carbonyl (C=O) groups excluding carboxylic acids is 1. The number of carbonyl (C=O) groups is 1. The van der Waals surface area contributed by atoms with E-state index in [1.807, 2.05) is 12.1 Å². The second-order valence-electron chi connectivity index (χ2n) is 8.69. The van der Waals surface area contributed by atoms with Gasteiger partial charge in [0.15, 0.2) is 5.78 Å². The van der Waals surface area contributed by atoms with Crippen LogP contribution < -0.4 is 0 Å². The molecule has 2 aliphatic rings. The Morgan fingerprint density at radius 3 is 2.41 bits per heavy atom. The third-order valence-corrected chi connectivity index (χ3v) is 6.94. The van der Waals surface area contributed by atoms with Crippen molar-refractivity contribution in [1.82, 2.24) is 0 Å². The van der Waals surface area contributed by atoms with Crippen molar-refractivity contribution in [3.8, 4) is 12.3 Å². The van der Waals surface area contributed by atoms with E-state index in [9.17, 15) is 4.79 Å². The highest BCUT2D eigenvalue weighted by Gasteiger charge is 2.47. The molecule has 3 rings (SSSR count). The number of Topliss-reactive ketones (excluding diaryl/α,β-unsaturated/α-hetero) is 1. The lowest BCUT2D eigenvalue weighted by atomic mass is 9.57. The van der Waals surface area contributed by atoms with Crippen LogP contribution in [0, 0.1) is 36.5 Å². The monoisotopic (exact) mass is 362 g/mol. The zero-order valence-electron chi connectivity index (χ0n) is 16.9. The molecule has 0 aromatic heterocycles. The first kappa shape index (κ1) is 19.9. The van der Waals surface area contributed by atoms with Gasteiger partial charge < -0.3 is 0 Å². The molecule has 1 aromatic rings. The van der Waals surface area contributed by atoms with E-state index in [1.54, 1.807) is 0 Å². The van der Waals surface area contributed by atoms with Crippen LogP contribution in [0.25, 0.3) is 0 Å². The van der Waals surface area contributed by atoms with Crippen molar-refractivity contribution in [2.75, 3.05) is 0 Å². The molecular weight excluding hydrogens is 328 g/mol. The van der Waals surface area contributed by atoms with Gasteiger partial charge in [-0.05, 0) is 63.7 Å². The molecule has 2 aliphatic carbocycles. The second-order valence-corrected chi connectivity index (χ2v) is 8.69. The molecule has 1 aromatic carbocycles. The third-order valence-electron chi connectivity index (χ3n) is 6.94. The molecule has 2 saturated carbocycles. The summed E-state index contributed by atoms with van der Waals surface area (Å²) >= 11 is 0. The predicted octanol–water partition coefficient (Wildman–Crippen LogP) is 6.90. The van der Waals surface area contributed by atoms with E-state index in [0.717, 1.165) is 44.1 Å². The first-order chi connectivity index (χ1) is 13.2. The zero-order valence-corrected chi connectivity index (χ0v) is 16.9. The normalized spacial score (nSPS) is 26.7. The molecule has 1 nitrogen and oxygen atoms in total. The zero-order chi connectivity index (χ0) is 19.1. The number of allylic oxidation sites excluding steroid dienone is 2. The highest BCUT2D eigenvalue weighted by Crippen LogP contribution is 2.51. The molecule has 0 aliphatic heterocycles. The molecule has 0 N–H and O–H groups in total. The minimum absolute atomic E-state index is 0.126. The van der Waals surface area contributed by atoms with Gasteiger partial charge >= 0.3 is 0 Å². The Morgan fingerprint density at radius 2 is 1.78 bits per heavy atom. The Labute approximate surface area is 165 Å². The van der Waals surface area contributed by atoms with Crippen LogP contribution >= 0.6 is 0 Å². The predicted molar refractivity (Wildman–Crippen MR) is 114 cm³/mol. The molecule has 0 spiro atoms. The average molecular weight is 363 g/mol. The Hall–Kier alpha value is -1.81. The Kier molecular flexibility index (Phi) is 6.95. The number of hydrogen-bond donors (Lipinski definition) is 0. The number of rotatable bonds is 6. The minimum Gasteiger partial charge on any atom is -0.294 e. The van der Waals surface area contributed by atoms with Gasteiger partial charge in [0.25, 0.3) is 0 Å². The molecule has 0 saturated heterocycles. The van der Waals surface area contributed by atoms with Crippen LogP contribution in [0.15, 0.2) is 36.4 Å². The highest BCUT2D eigenvalue weighted by atomic mass is 16.1. The van der Waals surface area contributed by atoms with Crippen molar-refractivity contribution < 1.29 is 4.79 Å². The summed E-state index contributed by atoms with van der Waals surface area (Å²) in [6, 6.07) is 8.27. The van der Waals surface area contributed by atoms with Crippen LogP contribution in [-0.4, -0.2) is 5.78 Å². The Bertz CT molecular complexity index is 674. The lowest BCUT2D eigenvalue weighted by Crippen LogP contribution is -2.42. The molecule has 0 unspecified atom stereocenters. The van der Waals surface area contributed by atoms with Crippen molar-refractivity contribution in [2.45, 2.75) is 77.6 Å². The molecule has 0 radical (unpaired) electrons. The second kappa shape index (κ2) is 9.41. The van der Waals surface area contributed by atoms with Crippen molar-refractivity contribution in [3.05, 3.63) is 47.5 Å². The number of terminal acetylenes is 1. The molecule has 0 heterocycles. The summed E-state index contributed by atoms with van der Waals surface area (Å²) in [5, 5.41) is 0. The number of hydrogen-bond acceptors (Lipinski definition) is 1. The number of aryl methyl sites for hydroxylation is 1. The van der Waals surface area contributed by atoms with Gasteiger partial charge in [0.1, 0.15) is 0 Å². The summed E-state index contributed by atoms with van der Waals surface area (Å²) in [7, 11) is 0. The Balaban J connectivity index is 1.76. The molecule has 0 atom stereocenters. The number of unbranched alkanes of at least 4 members (excludes halogenated alkanes) is 1. The number of ketones is 1. The topological polar surface area (TPSA) is 17.1 Å². The van der Waals surface area contributed by atoms with Crippen molar-refractivity contribution in [3.63, 3.8) is 0 Å². The van der Waals surface area contributed by atoms with E-state index in [-0.39, 0.29) is 5.41 Å². The van der Waals surface area contributed by atoms with Crippen molar-refractivity contribution in [2.24, 2.45) is 17.3 Å². The van der Waals surface area contributed by atoms with E-state index in [2.05, 4.69) is 37.1 Å². The van der Waals surface area contributed by atoms with E-state index in [4.69, 9.17) is 6.42 Å². The summed E-state index contributed by atoms with van der Waals surface area (Å²) in [5.41, 5.74) is 2.02. The largest absolute Gasteiger partial charge is 0.294 e. The van der Waals surface area contributed by atoms with Crippen LogP contribution in [0.5, 0.6) is 0 Å². The molecule has 27 heavy (non-hydrogen) atoms. The third kappa shape index (κ3) is 4.73. The van der Waals surface area contributed by atoms with Crippen molar-refractivity contribution >= 4 is 5.78 Å². The summed E-state index contributed by atoms with van der Waals surface area (Å²) < 4.78 is 0. The van der Waals surface area contributed by atoms with E-state index in [1.165, 1.54) is 37.7 Å². The standard InChI is InChI=1S/C26H34O/c1-3-4-5-7-10-22-17-19-26(20-18-22,24-11-8-6-9-12-24)25(27)23-15-13-21(2)14-16-23/h1,7,10,13-16,22,24H,4-6,8-9,11-12,17-20H2,2H3. The SMILES string of the molecule is C#CCCC=CC1CCC(C(=O)c2ccc(C)cc2)(C2CCCCC2)CC1. The molecule has 0 bridgehead atoms. The van der Waals surface area contributed by atoms with Gasteiger partial charge in [-0.25, -0.2) is 0 Å². The fourth-order valence-corrected chi connectivity index (χ4v) is 5.27. The number of benzene rings is 1. The van der Waals surface area contributed by atoms with E-state index >= 15 is 0 Å². The average Bonchev–Trinajstić information content (AvgIpc) is 2.72. The molecular formula is C26H34O. The van der Waals surface area contributed by atoms with Crippen LogP contribution in [0.1, 0.15) is 86.6 Å². The fourth-order valence-electron chi connectivity index (χ4n) is 5.27. The maximum absolute atomic E-state index is 13.7. The van der Waals surface area contributed by atoms with Crippen molar-refractivity contribution in [1.29, 1.82) is 0 Å². The fraction of sp³-hybridized carbons (Fsp3) is 0.577. The summed E-state index contributed by atoms with van der Waals surface area (Å²) in [5.74, 6) is 4.31. The first-order valence-electron chi connectivity index (χ1n) is 10.9. The molecule has 144 valence electrons. The molecule has 0 amide bonds. The van der Waals surface area contributed by atoms with Crippen LogP contribution in [0.4, 0.5) is 0 Å². The first-order valence-corrected chi connectivity index (χ1v) is 10.9. The van der Waals surface area contributed by atoms with Gasteiger partial charge in [-0.2, -0.15) is 0 Å². The van der Waals surface area contributed by atoms with Crippen LogP contribution in [0.3, 0.4) is 0 Å². The lowest BCUT2D eigenvalue weighted by Gasteiger charge is -2.45. The van der Waals surface area contributed by atoms with Gasteiger partial charge in [0, 0.05) is 17.4 Å². The maximum atomic E-state index is 13.7. The summed E-state index contributed by atoms with van der Waals surface area (Å²) in [6.45, 7) is 2.09. The van der Waals surface area contributed by atoms with Gasteiger partial charge in [-0.3, -0.25) is 4.79 Å². The van der Waals surface area contributed by atoms with Gasteiger partial charge in [0.2, 0.25) is 0 Å². The minimum atomic E-state index is -0.126. The smallest absolute Gasteiger partial charge is 0.169 e. The summed E-state index contributed by atoms with van der Waals surface area (Å²) in [4.78, 5) is 13.7.